The lowest BCUT2D eigenvalue weighted by Gasteiger charge is -2.22. The number of aromatic nitrogens is 1. The standard InChI is InChI=1S/C19H19ClN2O3S/c1-13-18-17(25-11-10-21(13)2)9-8-16-19(18)15(20)12-22(16)26(23,24)14-6-4-3-5-7-14/h3-9,12-13H,10-11H2,1-2H3. The first-order valence-corrected chi connectivity index (χ1v) is 10.2. The van der Waals surface area contributed by atoms with Crippen molar-refractivity contribution >= 4 is 32.5 Å². The molecule has 4 rings (SSSR count). The van der Waals surface area contributed by atoms with Crippen molar-refractivity contribution in [2.75, 3.05) is 20.2 Å². The molecule has 1 aliphatic heterocycles. The van der Waals surface area contributed by atoms with Gasteiger partial charge < -0.3 is 4.74 Å². The number of nitrogens with zero attached hydrogens (tertiary/aromatic N) is 2. The van der Waals surface area contributed by atoms with Crippen molar-refractivity contribution in [2.45, 2.75) is 17.9 Å². The van der Waals surface area contributed by atoms with E-state index in [4.69, 9.17) is 16.3 Å². The highest BCUT2D eigenvalue weighted by atomic mass is 35.5. The first kappa shape index (κ1) is 17.4. The van der Waals surface area contributed by atoms with Crippen molar-refractivity contribution in [1.29, 1.82) is 0 Å². The fourth-order valence-electron chi connectivity index (χ4n) is 3.42. The van der Waals surface area contributed by atoms with E-state index in [1.807, 2.05) is 13.1 Å². The Morgan fingerprint density at radius 1 is 1.15 bits per heavy atom. The fraction of sp³-hybridized carbons (Fsp3) is 0.263. The van der Waals surface area contributed by atoms with Gasteiger partial charge in [0, 0.05) is 29.7 Å². The molecule has 0 fully saturated rings. The molecule has 0 radical (unpaired) electrons. The van der Waals surface area contributed by atoms with Crippen LogP contribution in [0.4, 0.5) is 0 Å². The van der Waals surface area contributed by atoms with Crippen molar-refractivity contribution < 1.29 is 13.2 Å². The largest absolute Gasteiger partial charge is 0.492 e. The summed E-state index contributed by atoms with van der Waals surface area (Å²) in [4.78, 5) is 2.40. The third-order valence-corrected chi connectivity index (χ3v) is 6.95. The Hall–Kier alpha value is -2.02. The molecule has 0 aliphatic carbocycles. The molecular formula is C19H19ClN2O3S. The van der Waals surface area contributed by atoms with Crippen molar-refractivity contribution in [3.8, 4) is 5.75 Å². The smallest absolute Gasteiger partial charge is 0.268 e. The molecule has 136 valence electrons. The van der Waals surface area contributed by atoms with Crippen LogP contribution in [-0.2, 0) is 10.0 Å². The van der Waals surface area contributed by atoms with Crippen LogP contribution in [-0.4, -0.2) is 37.5 Å². The number of ether oxygens (including phenoxy) is 1. The van der Waals surface area contributed by atoms with Gasteiger partial charge in [0.1, 0.15) is 12.4 Å². The Morgan fingerprint density at radius 2 is 1.88 bits per heavy atom. The predicted molar refractivity (Wildman–Crippen MR) is 103 cm³/mol. The van der Waals surface area contributed by atoms with E-state index >= 15 is 0 Å². The van der Waals surface area contributed by atoms with E-state index in [9.17, 15) is 8.42 Å². The maximum atomic E-state index is 13.1. The van der Waals surface area contributed by atoms with E-state index in [1.165, 1.54) is 10.2 Å². The highest BCUT2D eigenvalue weighted by Crippen LogP contribution is 2.41. The number of rotatable bonds is 2. The second-order valence-electron chi connectivity index (χ2n) is 6.47. The molecule has 0 N–H and O–H groups in total. The van der Waals surface area contributed by atoms with E-state index in [0.717, 1.165) is 23.2 Å². The molecule has 0 saturated heterocycles. The molecule has 1 aromatic heterocycles. The van der Waals surface area contributed by atoms with Gasteiger partial charge in [-0.1, -0.05) is 29.8 Å². The van der Waals surface area contributed by atoms with Crippen LogP contribution in [0.5, 0.6) is 5.75 Å². The number of benzene rings is 2. The normalized spacial score (nSPS) is 18.3. The van der Waals surface area contributed by atoms with Crippen LogP contribution in [0.3, 0.4) is 0 Å². The molecular weight excluding hydrogens is 372 g/mol. The molecule has 0 spiro atoms. The highest BCUT2D eigenvalue weighted by molar-refractivity contribution is 7.90. The molecule has 0 saturated carbocycles. The van der Waals surface area contributed by atoms with Crippen molar-refractivity contribution in [3.63, 3.8) is 0 Å². The molecule has 2 heterocycles. The zero-order valence-electron chi connectivity index (χ0n) is 14.5. The molecule has 5 nitrogen and oxygen atoms in total. The van der Waals surface area contributed by atoms with Crippen LogP contribution in [0, 0.1) is 0 Å². The van der Waals surface area contributed by atoms with E-state index < -0.39 is 10.0 Å². The summed E-state index contributed by atoms with van der Waals surface area (Å²) in [5, 5.41) is 1.13. The summed E-state index contributed by atoms with van der Waals surface area (Å²) in [5.41, 5.74) is 1.48. The Labute approximate surface area is 157 Å². The van der Waals surface area contributed by atoms with Crippen LogP contribution < -0.4 is 4.74 Å². The Bertz CT molecular complexity index is 1080. The van der Waals surface area contributed by atoms with E-state index in [0.29, 0.717) is 17.1 Å². The Kier molecular flexibility index (Phi) is 4.22. The lowest BCUT2D eigenvalue weighted by atomic mass is 10.0. The summed E-state index contributed by atoms with van der Waals surface area (Å²) in [7, 11) is -1.71. The Morgan fingerprint density at radius 3 is 2.62 bits per heavy atom. The third kappa shape index (κ3) is 2.60. The molecule has 7 heteroatoms. The van der Waals surface area contributed by atoms with Gasteiger partial charge in [0.05, 0.1) is 15.4 Å². The summed E-state index contributed by atoms with van der Waals surface area (Å²) < 4.78 is 33.3. The monoisotopic (exact) mass is 390 g/mol. The van der Waals surface area contributed by atoms with Gasteiger partial charge >= 0.3 is 0 Å². The van der Waals surface area contributed by atoms with Crippen LogP contribution >= 0.6 is 11.6 Å². The molecule has 3 aromatic rings. The third-order valence-electron chi connectivity index (χ3n) is 4.97. The summed E-state index contributed by atoms with van der Waals surface area (Å²) in [6.45, 7) is 3.45. The van der Waals surface area contributed by atoms with E-state index in [1.54, 1.807) is 36.4 Å². The van der Waals surface area contributed by atoms with E-state index in [-0.39, 0.29) is 10.9 Å². The molecule has 0 amide bonds. The summed E-state index contributed by atoms with van der Waals surface area (Å²) >= 11 is 6.52. The fourth-order valence-corrected chi connectivity index (χ4v) is 5.16. The summed E-state index contributed by atoms with van der Waals surface area (Å²) in [6, 6.07) is 12.0. The number of fused-ring (bicyclic) bond motifs is 3. The number of hydrogen-bond donors (Lipinski definition) is 0. The zero-order chi connectivity index (χ0) is 18.5. The van der Waals surface area contributed by atoms with Crippen LogP contribution in [0.25, 0.3) is 10.9 Å². The first-order chi connectivity index (χ1) is 12.4. The minimum atomic E-state index is -3.73. The minimum Gasteiger partial charge on any atom is -0.492 e. The first-order valence-electron chi connectivity index (χ1n) is 8.38. The average molecular weight is 391 g/mol. The number of likely N-dealkylation sites (N-methyl/N-ethyl adjacent to an activating group) is 1. The molecule has 1 aliphatic rings. The van der Waals surface area contributed by atoms with Gasteiger partial charge in [-0.05, 0) is 38.2 Å². The Balaban J connectivity index is 2.00. The zero-order valence-corrected chi connectivity index (χ0v) is 16.1. The van der Waals surface area contributed by atoms with Gasteiger partial charge in [0.25, 0.3) is 10.0 Å². The van der Waals surface area contributed by atoms with Gasteiger partial charge in [0.15, 0.2) is 0 Å². The van der Waals surface area contributed by atoms with Crippen LogP contribution in [0.1, 0.15) is 18.5 Å². The SMILES string of the molecule is CC1c2c(ccc3c2c(Cl)cn3S(=O)(=O)c2ccccc2)OCCN1C. The summed E-state index contributed by atoms with van der Waals surface area (Å²) in [6.07, 6.45) is 1.48. The topological polar surface area (TPSA) is 51.5 Å². The van der Waals surface area contributed by atoms with Crippen molar-refractivity contribution in [1.82, 2.24) is 8.87 Å². The van der Waals surface area contributed by atoms with Crippen LogP contribution in [0.15, 0.2) is 53.6 Å². The molecule has 1 atom stereocenters. The van der Waals surface area contributed by atoms with Crippen LogP contribution in [0.2, 0.25) is 5.02 Å². The van der Waals surface area contributed by atoms with Crippen molar-refractivity contribution in [2.24, 2.45) is 0 Å². The van der Waals surface area contributed by atoms with Gasteiger partial charge in [-0.15, -0.1) is 0 Å². The second-order valence-corrected chi connectivity index (χ2v) is 8.69. The lowest BCUT2D eigenvalue weighted by Crippen LogP contribution is -2.24. The van der Waals surface area contributed by atoms with E-state index in [2.05, 4.69) is 11.8 Å². The second kappa shape index (κ2) is 6.30. The highest BCUT2D eigenvalue weighted by Gasteiger charge is 2.28. The molecule has 0 bridgehead atoms. The molecule has 1 unspecified atom stereocenters. The number of hydrogen-bond acceptors (Lipinski definition) is 4. The maximum absolute atomic E-state index is 13.1. The average Bonchev–Trinajstić information content (AvgIpc) is 2.91. The minimum absolute atomic E-state index is 0.0592. The lowest BCUT2D eigenvalue weighted by molar-refractivity contribution is 0.229. The maximum Gasteiger partial charge on any atom is 0.268 e. The molecule has 26 heavy (non-hydrogen) atoms. The molecule has 2 aromatic carbocycles. The quantitative estimate of drug-likeness (QED) is 0.665. The van der Waals surface area contributed by atoms with Gasteiger partial charge in [0.2, 0.25) is 0 Å². The van der Waals surface area contributed by atoms with Crippen molar-refractivity contribution in [3.05, 3.63) is 59.2 Å². The van der Waals surface area contributed by atoms with Gasteiger partial charge in [-0.3, -0.25) is 4.90 Å². The van der Waals surface area contributed by atoms with Gasteiger partial charge in [-0.2, -0.15) is 0 Å². The number of halogens is 1. The summed E-state index contributed by atoms with van der Waals surface area (Å²) in [5.74, 6) is 0.756. The van der Waals surface area contributed by atoms with Gasteiger partial charge in [-0.25, -0.2) is 12.4 Å². The predicted octanol–water partition coefficient (Wildman–Crippen LogP) is 3.92.